The summed E-state index contributed by atoms with van der Waals surface area (Å²) < 4.78 is 1.85. The summed E-state index contributed by atoms with van der Waals surface area (Å²) in [6.45, 7) is 0.664. The number of benzene rings is 2. The predicted molar refractivity (Wildman–Crippen MR) is 160 cm³/mol. The minimum atomic E-state index is -0.115. The molecule has 1 aliphatic rings. The summed E-state index contributed by atoms with van der Waals surface area (Å²) in [5.41, 5.74) is 4.05. The van der Waals surface area contributed by atoms with Crippen LogP contribution >= 0.6 is 11.3 Å². The minimum absolute atomic E-state index is 0.0724. The Morgan fingerprint density at radius 2 is 1.59 bits per heavy atom. The van der Waals surface area contributed by atoms with Crippen molar-refractivity contribution < 1.29 is 9.59 Å². The third-order valence-corrected chi connectivity index (χ3v) is 7.43. The van der Waals surface area contributed by atoms with Gasteiger partial charge in [-0.1, -0.05) is 65.9 Å². The summed E-state index contributed by atoms with van der Waals surface area (Å²) in [6, 6.07) is 19.5. The number of amidine groups is 1. The van der Waals surface area contributed by atoms with Gasteiger partial charge in [-0.3, -0.25) is 14.3 Å². The van der Waals surface area contributed by atoms with Gasteiger partial charge in [0, 0.05) is 30.9 Å². The zero-order valence-corrected chi connectivity index (χ0v) is 23.5. The Balaban J connectivity index is 0.998. The molecule has 0 radical (unpaired) electrons. The largest absolute Gasteiger partial charge is 0.312 e. The van der Waals surface area contributed by atoms with E-state index < -0.39 is 0 Å². The molecular formula is C30H32N8O2S. The molecule has 210 valence electrons. The highest BCUT2D eigenvalue weighted by Crippen LogP contribution is 2.19. The summed E-state index contributed by atoms with van der Waals surface area (Å²) in [5.74, 6) is 0.437. The SMILES string of the molecule is O=C(Cc1ccccc1)NC1=NN=C(CCCCc2nnc(NC(=O)Cc3cccc(Cn4cccn4)c3)s2)CC1. The van der Waals surface area contributed by atoms with Crippen LogP contribution in [0.4, 0.5) is 5.13 Å². The van der Waals surface area contributed by atoms with Crippen molar-refractivity contribution in [1.82, 2.24) is 25.3 Å². The van der Waals surface area contributed by atoms with E-state index in [2.05, 4.69) is 36.1 Å². The van der Waals surface area contributed by atoms with Crippen LogP contribution in [0.2, 0.25) is 0 Å². The number of hydrogen-bond donors (Lipinski definition) is 2. The van der Waals surface area contributed by atoms with Crippen LogP contribution in [0.25, 0.3) is 0 Å². The maximum atomic E-state index is 12.6. The van der Waals surface area contributed by atoms with Gasteiger partial charge in [-0.15, -0.1) is 15.3 Å². The molecule has 2 aromatic carbocycles. The number of amides is 2. The molecule has 2 amide bonds. The van der Waals surface area contributed by atoms with Gasteiger partial charge >= 0.3 is 0 Å². The van der Waals surface area contributed by atoms with Gasteiger partial charge in [-0.25, -0.2) is 0 Å². The third-order valence-electron chi connectivity index (χ3n) is 6.53. The van der Waals surface area contributed by atoms with Crippen molar-refractivity contribution in [2.45, 2.75) is 57.9 Å². The van der Waals surface area contributed by atoms with E-state index in [-0.39, 0.29) is 18.2 Å². The molecule has 3 heterocycles. The van der Waals surface area contributed by atoms with Crippen LogP contribution in [-0.4, -0.2) is 43.3 Å². The van der Waals surface area contributed by atoms with Gasteiger partial charge < -0.3 is 10.6 Å². The summed E-state index contributed by atoms with van der Waals surface area (Å²) >= 11 is 1.41. The Morgan fingerprint density at radius 1 is 0.805 bits per heavy atom. The molecule has 10 nitrogen and oxygen atoms in total. The second-order valence-corrected chi connectivity index (χ2v) is 10.9. The first kappa shape index (κ1) is 28.0. The number of rotatable bonds is 12. The van der Waals surface area contributed by atoms with E-state index in [0.717, 1.165) is 59.5 Å². The fraction of sp³-hybridized carbons (Fsp3) is 0.300. The fourth-order valence-corrected chi connectivity index (χ4v) is 5.32. The molecule has 2 N–H and O–H groups in total. The molecule has 0 bridgehead atoms. The Morgan fingerprint density at radius 3 is 2.39 bits per heavy atom. The van der Waals surface area contributed by atoms with E-state index in [1.54, 1.807) is 6.20 Å². The molecule has 4 aromatic rings. The molecular weight excluding hydrogens is 536 g/mol. The first-order valence-corrected chi connectivity index (χ1v) is 14.5. The van der Waals surface area contributed by atoms with Crippen molar-refractivity contribution in [3.05, 3.63) is 94.8 Å². The first-order chi connectivity index (χ1) is 20.1. The molecule has 0 atom stereocenters. The Labute approximate surface area is 242 Å². The van der Waals surface area contributed by atoms with Gasteiger partial charge in [0.2, 0.25) is 16.9 Å². The van der Waals surface area contributed by atoms with E-state index in [9.17, 15) is 9.59 Å². The molecule has 2 aromatic heterocycles. The molecule has 0 spiro atoms. The van der Waals surface area contributed by atoms with Gasteiger partial charge in [0.25, 0.3) is 0 Å². The average molecular weight is 569 g/mol. The normalized spacial score (nSPS) is 12.9. The number of nitrogens with zero attached hydrogens (tertiary/aromatic N) is 6. The molecule has 0 saturated carbocycles. The second-order valence-electron chi connectivity index (χ2n) is 9.88. The summed E-state index contributed by atoms with van der Waals surface area (Å²) in [5, 5.41) is 28.3. The molecule has 0 saturated heterocycles. The molecule has 0 fully saturated rings. The van der Waals surface area contributed by atoms with E-state index in [0.29, 0.717) is 30.4 Å². The van der Waals surface area contributed by atoms with Crippen LogP contribution < -0.4 is 10.6 Å². The van der Waals surface area contributed by atoms with Crippen LogP contribution in [0, 0.1) is 0 Å². The van der Waals surface area contributed by atoms with Gasteiger partial charge in [-0.05, 0) is 48.4 Å². The van der Waals surface area contributed by atoms with Crippen LogP contribution in [0.3, 0.4) is 0 Å². The van der Waals surface area contributed by atoms with Crippen molar-refractivity contribution in [2.24, 2.45) is 10.2 Å². The van der Waals surface area contributed by atoms with Crippen LogP contribution in [0.5, 0.6) is 0 Å². The van der Waals surface area contributed by atoms with Gasteiger partial charge in [0.15, 0.2) is 0 Å². The maximum absolute atomic E-state index is 12.6. The molecule has 5 rings (SSSR count). The molecule has 0 unspecified atom stereocenters. The zero-order valence-electron chi connectivity index (χ0n) is 22.7. The maximum Gasteiger partial charge on any atom is 0.230 e. The highest BCUT2D eigenvalue weighted by Gasteiger charge is 2.14. The van der Waals surface area contributed by atoms with Crippen molar-refractivity contribution in [1.29, 1.82) is 0 Å². The number of unbranched alkanes of at least 4 members (excludes halogenated alkanes) is 1. The lowest BCUT2D eigenvalue weighted by Crippen LogP contribution is -2.33. The average Bonchev–Trinajstić information content (AvgIpc) is 3.65. The van der Waals surface area contributed by atoms with Crippen LogP contribution in [0.15, 0.2) is 83.3 Å². The van der Waals surface area contributed by atoms with Crippen molar-refractivity contribution in [3.8, 4) is 0 Å². The quantitative estimate of drug-likeness (QED) is 0.242. The second kappa shape index (κ2) is 14.2. The lowest BCUT2D eigenvalue weighted by atomic mass is 10.1. The van der Waals surface area contributed by atoms with E-state index >= 15 is 0 Å². The topological polar surface area (TPSA) is 127 Å². The van der Waals surface area contributed by atoms with Crippen molar-refractivity contribution in [2.75, 3.05) is 5.32 Å². The Hall–Kier alpha value is -4.51. The number of aryl methyl sites for hydroxylation is 1. The standard InChI is InChI=1S/C30H32N8O2S/c39-27(19-22-8-2-1-3-9-22)32-26-15-14-25(34-35-26)12-4-5-13-29-36-37-30(41-29)33-28(40)20-23-10-6-11-24(18-23)21-38-17-7-16-31-38/h1-3,6-11,16-18H,4-5,12-15,19-21H2,(H,32,35,39)(H,33,37,40). The van der Waals surface area contributed by atoms with Crippen molar-refractivity contribution in [3.63, 3.8) is 0 Å². The molecule has 11 heteroatoms. The number of aromatic nitrogens is 4. The van der Waals surface area contributed by atoms with Crippen molar-refractivity contribution >= 4 is 39.8 Å². The lowest BCUT2D eigenvalue weighted by molar-refractivity contribution is -0.119. The van der Waals surface area contributed by atoms with Crippen LogP contribution in [0.1, 0.15) is 53.8 Å². The highest BCUT2D eigenvalue weighted by atomic mass is 32.1. The first-order valence-electron chi connectivity index (χ1n) is 13.7. The van der Waals surface area contributed by atoms with E-state index in [1.165, 1.54) is 11.3 Å². The summed E-state index contributed by atoms with van der Waals surface area (Å²) in [4.78, 5) is 24.8. The highest BCUT2D eigenvalue weighted by molar-refractivity contribution is 7.15. The molecule has 0 aliphatic carbocycles. The minimum Gasteiger partial charge on any atom is -0.312 e. The van der Waals surface area contributed by atoms with E-state index in [4.69, 9.17) is 0 Å². The summed E-state index contributed by atoms with van der Waals surface area (Å²) in [7, 11) is 0. The number of anilines is 1. The monoisotopic (exact) mass is 568 g/mol. The third kappa shape index (κ3) is 9.00. The predicted octanol–water partition coefficient (Wildman–Crippen LogP) is 4.58. The number of nitrogens with one attached hydrogen (secondary N) is 2. The zero-order chi connectivity index (χ0) is 28.3. The Kier molecular flexibility index (Phi) is 9.72. The fourth-order valence-electron chi connectivity index (χ4n) is 4.52. The van der Waals surface area contributed by atoms with Gasteiger partial charge in [0.05, 0.1) is 19.4 Å². The lowest BCUT2D eigenvalue weighted by Gasteiger charge is -2.13. The Bertz CT molecular complexity index is 1510. The van der Waals surface area contributed by atoms with Gasteiger partial charge in [0.1, 0.15) is 10.8 Å². The number of hydrogen-bond acceptors (Lipinski definition) is 8. The van der Waals surface area contributed by atoms with E-state index in [1.807, 2.05) is 71.5 Å². The molecule has 1 aliphatic heterocycles. The molecule has 41 heavy (non-hydrogen) atoms. The van der Waals surface area contributed by atoms with Crippen LogP contribution in [-0.2, 0) is 35.4 Å². The van der Waals surface area contributed by atoms with Gasteiger partial charge in [-0.2, -0.15) is 10.2 Å². The number of carbonyl (C=O) groups excluding carboxylic acids is 2. The smallest absolute Gasteiger partial charge is 0.230 e. The summed E-state index contributed by atoms with van der Waals surface area (Å²) in [6.07, 6.45) is 9.30. The number of carbonyl (C=O) groups is 2.